The van der Waals surface area contributed by atoms with Crippen LogP contribution in [0.1, 0.15) is 54.3 Å². The van der Waals surface area contributed by atoms with Gasteiger partial charge in [-0.3, -0.25) is 4.90 Å². The maximum Gasteiger partial charge on any atom is 0.490 e. The van der Waals surface area contributed by atoms with Crippen molar-refractivity contribution in [3.05, 3.63) is 65.2 Å². The van der Waals surface area contributed by atoms with Crippen LogP contribution in [0.2, 0.25) is 0 Å². The molecule has 0 aromatic heterocycles. The van der Waals surface area contributed by atoms with Gasteiger partial charge in [-0.25, -0.2) is 9.59 Å². The number of rotatable bonds is 2. The molecule has 42 heavy (non-hydrogen) atoms. The van der Waals surface area contributed by atoms with Gasteiger partial charge in [-0.1, -0.05) is 36.4 Å². The van der Waals surface area contributed by atoms with Gasteiger partial charge in [-0.2, -0.15) is 26.3 Å². The molecule has 0 saturated carbocycles. The van der Waals surface area contributed by atoms with E-state index in [2.05, 4.69) is 40.5 Å². The van der Waals surface area contributed by atoms with Gasteiger partial charge in [0, 0.05) is 5.41 Å². The number of aliphatic hydroxyl groups is 1. The largest absolute Gasteiger partial charge is 0.508 e. The summed E-state index contributed by atoms with van der Waals surface area (Å²) in [5, 5.41) is 39.1. The Kier molecular flexibility index (Phi) is 10.5. The number of aliphatic hydroxyl groups excluding tert-OH is 1. The Morgan fingerprint density at radius 3 is 1.88 bits per heavy atom. The maximum absolute atomic E-state index is 11.6. The standard InChI is InChI=1S/C24H30N2O2.2C2HF3O2/c27-19-5-3-4-18(16-19)17-8-14-26(15-9-17)22-20-6-1-2-7-21(20)24(23(22)28)10-12-25-13-11-24;2*3-2(4,5)1(6)7/h1-7,16-17,22-23,25,27-28H,8-15H2;2*(H,6,7)/t22-,23+;;/m1../s1. The Hall–Kier alpha value is -3.36. The summed E-state index contributed by atoms with van der Waals surface area (Å²) in [7, 11) is 0. The van der Waals surface area contributed by atoms with E-state index < -0.39 is 24.3 Å². The second kappa shape index (κ2) is 13.3. The lowest BCUT2D eigenvalue weighted by Gasteiger charge is -2.42. The van der Waals surface area contributed by atoms with E-state index in [4.69, 9.17) is 19.8 Å². The lowest BCUT2D eigenvalue weighted by atomic mass is 9.72. The third-order valence-electron chi connectivity index (χ3n) is 7.93. The highest BCUT2D eigenvalue weighted by molar-refractivity contribution is 5.73. The van der Waals surface area contributed by atoms with Crippen molar-refractivity contribution in [2.45, 2.75) is 61.5 Å². The van der Waals surface area contributed by atoms with Crippen LogP contribution in [0.5, 0.6) is 5.75 Å². The number of nitrogens with zero attached hydrogens (tertiary/aromatic N) is 1. The minimum atomic E-state index is -5.08. The van der Waals surface area contributed by atoms with Gasteiger partial charge in [-0.05, 0) is 86.6 Å². The molecular formula is C28H32F6N2O6. The SMILES string of the molecule is O=C(O)C(F)(F)F.O=C(O)C(F)(F)F.Oc1cccc(C2CCN([C@@H]3c4ccccc4C4(CCNCC4)[C@H]3O)CC2)c1. The van der Waals surface area contributed by atoms with Gasteiger partial charge in [0.1, 0.15) is 5.75 Å². The van der Waals surface area contributed by atoms with Crippen LogP contribution in [0.4, 0.5) is 26.3 Å². The van der Waals surface area contributed by atoms with E-state index in [-0.39, 0.29) is 17.6 Å². The number of phenols is 1. The number of alkyl halides is 6. The van der Waals surface area contributed by atoms with E-state index in [1.54, 1.807) is 6.07 Å². The number of hydrogen-bond donors (Lipinski definition) is 5. The molecule has 3 aliphatic rings. The minimum absolute atomic E-state index is 0.0887. The maximum atomic E-state index is 11.6. The fourth-order valence-corrected chi connectivity index (χ4v) is 5.96. The number of aromatic hydroxyl groups is 1. The second-order valence-corrected chi connectivity index (χ2v) is 10.4. The smallest absolute Gasteiger partial charge is 0.490 e. The fourth-order valence-electron chi connectivity index (χ4n) is 5.96. The number of halogens is 6. The van der Waals surface area contributed by atoms with E-state index >= 15 is 0 Å². The van der Waals surface area contributed by atoms with Crippen LogP contribution in [-0.4, -0.2) is 81.9 Å². The van der Waals surface area contributed by atoms with Crippen LogP contribution in [-0.2, 0) is 15.0 Å². The first kappa shape index (κ1) is 33.1. The highest BCUT2D eigenvalue weighted by Crippen LogP contribution is 2.52. The molecule has 2 aliphatic heterocycles. The number of carboxylic acid groups (broad SMARTS) is 2. The van der Waals surface area contributed by atoms with Gasteiger partial charge >= 0.3 is 24.3 Å². The van der Waals surface area contributed by atoms with Gasteiger partial charge in [0.15, 0.2) is 0 Å². The van der Waals surface area contributed by atoms with Crippen LogP contribution in [0.15, 0.2) is 48.5 Å². The van der Waals surface area contributed by atoms with Gasteiger partial charge in [0.2, 0.25) is 0 Å². The molecule has 2 aromatic carbocycles. The van der Waals surface area contributed by atoms with Crippen molar-refractivity contribution in [3.63, 3.8) is 0 Å². The molecule has 2 saturated heterocycles. The molecule has 5 rings (SSSR count). The Labute approximate surface area is 237 Å². The van der Waals surface area contributed by atoms with Crippen LogP contribution in [0, 0.1) is 0 Å². The zero-order chi connectivity index (χ0) is 31.3. The number of carbonyl (C=O) groups is 2. The summed E-state index contributed by atoms with van der Waals surface area (Å²) in [6, 6.07) is 16.6. The average Bonchev–Trinajstić information content (AvgIpc) is 3.16. The van der Waals surface area contributed by atoms with E-state index in [9.17, 15) is 36.6 Å². The summed E-state index contributed by atoms with van der Waals surface area (Å²) in [6.07, 6.45) is -6.32. The summed E-state index contributed by atoms with van der Waals surface area (Å²) < 4.78 is 63.5. The van der Waals surface area contributed by atoms with Crippen LogP contribution in [0.25, 0.3) is 0 Å². The number of benzene rings is 2. The monoisotopic (exact) mass is 606 g/mol. The number of phenolic OH excluding ortho intramolecular Hbond substituents is 1. The topological polar surface area (TPSA) is 130 Å². The highest BCUT2D eigenvalue weighted by Gasteiger charge is 2.53. The number of likely N-dealkylation sites (tertiary alicyclic amines) is 1. The molecule has 1 aliphatic carbocycles. The molecule has 0 unspecified atom stereocenters. The molecule has 2 heterocycles. The number of aliphatic carboxylic acids is 2. The molecule has 0 amide bonds. The molecule has 232 valence electrons. The second-order valence-electron chi connectivity index (χ2n) is 10.4. The summed E-state index contributed by atoms with van der Waals surface area (Å²) in [5.41, 5.74) is 3.87. The molecule has 8 nitrogen and oxygen atoms in total. The van der Waals surface area contributed by atoms with Crippen LogP contribution < -0.4 is 5.32 Å². The first-order valence-corrected chi connectivity index (χ1v) is 13.2. The van der Waals surface area contributed by atoms with Crippen molar-refractivity contribution < 1.29 is 56.4 Å². The van der Waals surface area contributed by atoms with Gasteiger partial charge in [-0.15, -0.1) is 0 Å². The number of carboxylic acids is 2. The zero-order valence-corrected chi connectivity index (χ0v) is 22.3. The fraction of sp³-hybridized carbons (Fsp3) is 0.500. The Balaban J connectivity index is 0.000000289. The van der Waals surface area contributed by atoms with E-state index in [0.717, 1.165) is 51.9 Å². The number of hydrogen-bond acceptors (Lipinski definition) is 6. The predicted molar refractivity (Wildman–Crippen MR) is 138 cm³/mol. The molecular weight excluding hydrogens is 574 g/mol. The molecule has 14 heteroatoms. The first-order valence-electron chi connectivity index (χ1n) is 13.2. The highest BCUT2D eigenvalue weighted by atomic mass is 19.4. The van der Waals surface area contributed by atoms with E-state index in [1.807, 2.05) is 12.1 Å². The molecule has 0 bridgehead atoms. The number of fused-ring (bicyclic) bond motifs is 2. The predicted octanol–water partition coefficient (Wildman–Crippen LogP) is 4.58. The third kappa shape index (κ3) is 7.72. The molecule has 2 atom stereocenters. The molecule has 2 aromatic rings. The Bertz CT molecular complexity index is 1200. The van der Waals surface area contributed by atoms with Crippen molar-refractivity contribution in [3.8, 4) is 5.75 Å². The van der Waals surface area contributed by atoms with Crippen molar-refractivity contribution in [2.24, 2.45) is 0 Å². The molecule has 5 N–H and O–H groups in total. The Morgan fingerprint density at radius 2 is 1.38 bits per heavy atom. The molecule has 0 radical (unpaired) electrons. The van der Waals surface area contributed by atoms with Crippen molar-refractivity contribution >= 4 is 11.9 Å². The van der Waals surface area contributed by atoms with Gasteiger partial charge in [0.25, 0.3) is 0 Å². The minimum Gasteiger partial charge on any atom is -0.508 e. The van der Waals surface area contributed by atoms with Crippen LogP contribution in [0.3, 0.4) is 0 Å². The Morgan fingerprint density at radius 1 is 0.857 bits per heavy atom. The van der Waals surface area contributed by atoms with Crippen molar-refractivity contribution in [2.75, 3.05) is 26.2 Å². The summed E-state index contributed by atoms with van der Waals surface area (Å²) >= 11 is 0. The molecule has 2 fully saturated rings. The summed E-state index contributed by atoms with van der Waals surface area (Å²) in [4.78, 5) is 20.3. The average molecular weight is 607 g/mol. The number of nitrogens with one attached hydrogen (secondary N) is 1. The quantitative estimate of drug-likeness (QED) is 0.315. The molecule has 1 spiro atoms. The van der Waals surface area contributed by atoms with Crippen molar-refractivity contribution in [1.82, 2.24) is 10.2 Å². The summed E-state index contributed by atoms with van der Waals surface area (Å²) in [6.45, 7) is 3.95. The zero-order valence-electron chi connectivity index (χ0n) is 22.3. The first-order chi connectivity index (χ1) is 19.6. The normalized spacial score (nSPS) is 22.3. The van der Waals surface area contributed by atoms with Gasteiger partial charge in [0.05, 0.1) is 12.1 Å². The summed E-state index contributed by atoms with van der Waals surface area (Å²) in [5.74, 6) is -4.67. The van der Waals surface area contributed by atoms with E-state index in [1.165, 1.54) is 16.7 Å². The number of piperidine rings is 2. The lowest BCUT2D eigenvalue weighted by Crippen LogP contribution is -2.49. The third-order valence-corrected chi connectivity index (χ3v) is 7.93. The van der Waals surface area contributed by atoms with Gasteiger partial charge < -0.3 is 25.7 Å². The van der Waals surface area contributed by atoms with Crippen molar-refractivity contribution in [1.29, 1.82) is 0 Å². The van der Waals surface area contributed by atoms with Crippen LogP contribution >= 0.6 is 0 Å². The van der Waals surface area contributed by atoms with E-state index in [0.29, 0.717) is 11.7 Å². The lowest BCUT2D eigenvalue weighted by molar-refractivity contribution is -0.193.